The van der Waals surface area contributed by atoms with E-state index in [9.17, 15) is 0 Å². The molecule has 10 heavy (non-hydrogen) atoms. The first-order valence-electron chi connectivity index (χ1n) is 3.71. The molecule has 0 saturated heterocycles. The number of hydrogen-bond donors (Lipinski definition) is 2. The van der Waals surface area contributed by atoms with Crippen LogP contribution in [0.4, 0.5) is 0 Å². The second kappa shape index (κ2) is 2.04. The second-order valence-electron chi connectivity index (χ2n) is 2.95. The largest absolute Gasteiger partial charge is 0.390 e. The molecule has 0 fully saturated rings. The van der Waals surface area contributed by atoms with Crippen LogP contribution in [0.25, 0.3) is 0 Å². The van der Waals surface area contributed by atoms with Crippen molar-refractivity contribution in [1.82, 2.24) is 10.6 Å². The van der Waals surface area contributed by atoms with Crippen LogP contribution >= 0.6 is 0 Å². The van der Waals surface area contributed by atoms with Crippen LogP contribution in [0, 0.1) is 5.92 Å². The van der Waals surface area contributed by atoms with Crippen LogP contribution in [0.1, 0.15) is 6.92 Å². The van der Waals surface area contributed by atoms with Crippen LogP contribution in [-0.2, 0) is 0 Å². The zero-order chi connectivity index (χ0) is 6.97. The average molecular weight is 136 g/mol. The van der Waals surface area contributed by atoms with Crippen LogP contribution in [0.5, 0.6) is 0 Å². The Morgan fingerprint density at radius 3 is 3.30 bits per heavy atom. The van der Waals surface area contributed by atoms with Gasteiger partial charge in [0.15, 0.2) is 0 Å². The molecule has 0 bridgehead atoms. The fraction of sp³-hybridized carbons (Fsp3) is 0.500. The molecule has 0 radical (unpaired) electrons. The summed E-state index contributed by atoms with van der Waals surface area (Å²) >= 11 is 0. The number of fused-ring (bicyclic) bond motifs is 1. The van der Waals surface area contributed by atoms with Gasteiger partial charge in [0, 0.05) is 12.5 Å². The molecule has 0 aromatic rings. The molecular weight excluding hydrogens is 124 g/mol. The van der Waals surface area contributed by atoms with Gasteiger partial charge in [-0.25, -0.2) is 0 Å². The number of rotatable bonds is 0. The first-order valence-corrected chi connectivity index (χ1v) is 3.71. The van der Waals surface area contributed by atoms with Crippen LogP contribution in [0.15, 0.2) is 24.0 Å². The Morgan fingerprint density at radius 1 is 1.60 bits per heavy atom. The van der Waals surface area contributed by atoms with E-state index >= 15 is 0 Å². The van der Waals surface area contributed by atoms with E-state index in [0.29, 0.717) is 12.0 Å². The third-order valence-electron chi connectivity index (χ3n) is 2.28. The highest BCUT2D eigenvalue weighted by molar-refractivity contribution is 5.21. The van der Waals surface area contributed by atoms with Gasteiger partial charge in [-0.2, -0.15) is 0 Å². The summed E-state index contributed by atoms with van der Waals surface area (Å²) in [6.07, 6.45) is 6.33. The van der Waals surface area contributed by atoms with E-state index in [0.717, 1.165) is 6.54 Å². The van der Waals surface area contributed by atoms with Crippen molar-refractivity contribution >= 4 is 0 Å². The average Bonchev–Trinajstić information content (AvgIpc) is 2.34. The van der Waals surface area contributed by atoms with Gasteiger partial charge in [0.2, 0.25) is 0 Å². The molecule has 2 atom stereocenters. The fourth-order valence-electron chi connectivity index (χ4n) is 1.58. The first-order chi connectivity index (χ1) is 4.88. The molecule has 0 aromatic carbocycles. The summed E-state index contributed by atoms with van der Waals surface area (Å²) in [7, 11) is 0. The summed E-state index contributed by atoms with van der Waals surface area (Å²) in [5, 5.41) is 6.54. The van der Waals surface area contributed by atoms with Crippen molar-refractivity contribution in [2.75, 3.05) is 6.54 Å². The van der Waals surface area contributed by atoms with E-state index in [-0.39, 0.29) is 0 Å². The molecule has 54 valence electrons. The lowest BCUT2D eigenvalue weighted by Gasteiger charge is -2.22. The molecule has 0 aromatic heterocycles. The predicted molar refractivity (Wildman–Crippen MR) is 41.3 cm³/mol. The summed E-state index contributed by atoms with van der Waals surface area (Å²) in [4.78, 5) is 0. The molecule has 0 spiro atoms. The Labute approximate surface area is 61.0 Å². The first kappa shape index (κ1) is 5.83. The van der Waals surface area contributed by atoms with Crippen molar-refractivity contribution in [2.45, 2.75) is 13.0 Å². The summed E-state index contributed by atoms with van der Waals surface area (Å²) in [5.74, 6) is 0.685. The minimum absolute atomic E-state index is 0.557. The van der Waals surface area contributed by atoms with Gasteiger partial charge in [-0.05, 0) is 25.4 Å². The monoisotopic (exact) mass is 136 g/mol. The zero-order valence-corrected chi connectivity index (χ0v) is 6.09. The van der Waals surface area contributed by atoms with E-state index in [4.69, 9.17) is 0 Å². The molecule has 0 saturated carbocycles. The Hall–Kier alpha value is -0.920. The highest BCUT2D eigenvalue weighted by atomic mass is 15.0. The molecule has 2 heterocycles. The zero-order valence-electron chi connectivity index (χ0n) is 6.09. The molecule has 2 rings (SSSR count). The van der Waals surface area contributed by atoms with Crippen molar-refractivity contribution < 1.29 is 0 Å². The minimum atomic E-state index is 0.557. The predicted octanol–water partition coefficient (Wildman–Crippen LogP) is 0.595. The summed E-state index contributed by atoms with van der Waals surface area (Å²) in [6, 6.07) is 0.557. The molecule has 2 unspecified atom stereocenters. The van der Waals surface area contributed by atoms with Crippen molar-refractivity contribution in [3.8, 4) is 0 Å². The molecule has 0 aliphatic carbocycles. The van der Waals surface area contributed by atoms with Gasteiger partial charge in [0.1, 0.15) is 0 Å². The standard InChI is InChI=1S/C8H12N2/c1-6-4-10-8-2-3-9-5-7(6)8/h2-4,7-10H,5H2,1H3. The maximum atomic E-state index is 3.32. The Balaban J connectivity index is 2.19. The van der Waals surface area contributed by atoms with Crippen LogP contribution in [-0.4, -0.2) is 12.6 Å². The normalized spacial score (nSPS) is 35.9. The van der Waals surface area contributed by atoms with Crippen molar-refractivity contribution in [3.05, 3.63) is 24.0 Å². The molecule has 2 nitrogen and oxygen atoms in total. The molecule has 2 aliphatic heterocycles. The lowest BCUT2D eigenvalue weighted by Crippen LogP contribution is -2.35. The van der Waals surface area contributed by atoms with E-state index < -0.39 is 0 Å². The quantitative estimate of drug-likeness (QED) is 0.509. The van der Waals surface area contributed by atoms with Crippen LogP contribution in [0.3, 0.4) is 0 Å². The van der Waals surface area contributed by atoms with Gasteiger partial charge in [-0.1, -0.05) is 5.57 Å². The Bertz CT molecular complexity index is 193. The number of nitrogens with one attached hydrogen (secondary N) is 2. The maximum Gasteiger partial charge on any atom is 0.0538 e. The summed E-state index contributed by atoms with van der Waals surface area (Å²) in [5.41, 5.74) is 1.46. The second-order valence-corrected chi connectivity index (χ2v) is 2.95. The Morgan fingerprint density at radius 2 is 2.50 bits per heavy atom. The summed E-state index contributed by atoms with van der Waals surface area (Å²) in [6.45, 7) is 3.26. The molecule has 2 heteroatoms. The van der Waals surface area contributed by atoms with Gasteiger partial charge < -0.3 is 10.6 Å². The van der Waals surface area contributed by atoms with Crippen molar-refractivity contribution in [3.63, 3.8) is 0 Å². The fourth-order valence-corrected chi connectivity index (χ4v) is 1.58. The van der Waals surface area contributed by atoms with Gasteiger partial charge in [0.05, 0.1) is 6.04 Å². The van der Waals surface area contributed by atoms with Gasteiger partial charge >= 0.3 is 0 Å². The van der Waals surface area contributed by atoms with Gasteiger partial charge in [-0.3, -0.25) is 0 Å². The topological polar surface area (TPSA) is 24.1 Å². The third kappa shape index (κ3) is 0.719. The van der Waals surface area contributed by atoms with Crippen LogP contribution < -0.4 is 10.6 Å². The third-order valence-corrected chi connectivity index (χ3v) is 2.28. The molecule has 2 aliphatic rings. The SMILES string of the molecule is CC1=CNC2C=CNCC12. The summed E-state index contributed by atoms with van der Waals surface area (Å²) < 4.78 is 0. The highest BCUT2D eigenvalue weighted by Crippen LogP contribution is 2.22. The minimum Gasteiger partial charge on any atom is -0.390 e. The highest BCUT2D eigenvalue weighted by Gasteiger charge is 2.26. The Kier molecular flexibility index (Phi) is 1.19. The molecule has 0 amide bonds. The van der Waals surface area contributed by atoms with Gasteiger partial charge in [0.25, 0.3) is 0 Å². The smallest absolute Gasteiger partial charge is 0.0538 e. The molecular formula is C8H12N2. The lowest BCUT2D eigenvalue weighted by atomic mass is 9.94. The molecule has 2 N–H and O–H groups in total. The van der Waals surface area contributed by atoms with Crippen molar-refractivity contribution in [2.24, 2.45) is 5.92 Å². The van der Waals surface area contributed by atoms with E-state index in [2.05, 4.69) is 29.8 Å². The van der Waals surface area contributed by atoms with E-state index in [1.54, 1.807) is 0 Å². The lowest BCUT2D eigenvalue weighted by molar-refractivity contribution is 0.499. The van der Waals surface area contributed by atoms with Gasteiger partial charge in [-0.15, -0.1) is 0 Å². The van der Waals surface area contributed by atoms with E-state index in [1.807, 2.05) is 6.20 Å². The number of hydrogen-bond acceptors (Lipinski definition) is 2. The van der Waals surface area contributed by atoms with Crippen LogP contribution in [0.2, 0.25) is 0 Å². The van der Waals surface area contributed by atoms with E-state index in [1.165, 1.54) is 5.57 Å². The van der Waals surface area contributed by atoms with Crippen molar-refractivity contribution in [1.29, 1.82) is 0 Å². The maximum absolute atomic E-state index is 3.32.